The number of hydrogen-bond donors (Lipinski definition) is 2. The third-order valence-corrected chi connectivity index (χ3v) is 4.52. The maximum absolute atomic E-state index is 13.2. The van der Waals surface area contributed by atoms with Crippen LogP contribution in [-0.4, -0.2) is 37.9 Å². The number of halogens is 4. The van der Waals surface area contributed by atoms with Crippen LogP contribution in [0.2, 0.25) is 5.02 Å². The first-order valence-electron chi connectivity index (χ1n) is 9.17. The van der Waals surface area contributed by atoms with Crippen LogP contribution in [0.3, 0.4) is 0 Å². The van der Waals surface area contributed by atoms with Crippen LogP contribution in [0.4, 0.5) is 13.2 Å². The number of nitrogens with two attached hydrogens (primary N) is 1. The van der Waals surface area contributed by atoms with E-state index in [1.54, 1.807) is 0 Å². The Morgan fingerprint density at radius 2 is 1.94 bits per heavy atom. The summed E-state index contributed by atoms with van der Waals surface area (Å²) in [6, 6.07) is 8.90. The van der Waals surface area contributed by atoms with Crippen molar-refractivity contribution in [2.75, 3.05) is 6.61 Å². The average molecular weight is 457 g/mol. The Labute approximate surface area is 180 Å². The summed E-state index contributed by atoms with van der Waals surface area (Å²) in [6.07, 6.45) is -4.73. The van der Waals surface area contributed by atoms with Gasteiger partial charge in [0.1, 0.15) is 6.04 Å². The molecule has 2 aromatic heterocycles. The number of nitrogens with one attached hydrogen (secondary N) is 1. The van der Waals surface area contributed by atoms with Crippen molar-refractivity contribution in [1.29, 1.82) is 0 Å². The van der Waals surface area contributed by atoms with Crippen LogP contribution in [0, 0.1) is 0 Å². The number of carbonyl (C=O) groups excluding carboxylic acids is 1. The fourth-order valence-electron chi connectivity index (χ4n) is 2.61. The maximum atomic E-state index is 13.2. The number of hydrogen-bond acceptors (Lipinski definition) is 6. The molecule has 3 N–H and O–H groups in total. The molecule has 1 amide bonds. The van der Waals surface area contributed by atoms with Crippen LogP contribution < -0.4 is 11.1 Å². The van der Waals surface area contributed by atoms with Crippen molar-refractivity contribution in [2.24, 2.45) is 5.73 Å². The number of aromatic nitrogens is 4. The van der Waals surface area contributed by atoms with Crippen molar-refractivity contribution in [1.82, 2.24) is 25.1 Å². The Morgan fingerprint density at radius 1 is 1.26 bits per heavy atom. The number of fused-ring (bicyclic) bond motifs is 1. The van der Waals surface area contributed by atoms with Gasteiger partial charge in [-0.25, -0.2) is 0 Å². The largest absolute Gasteiger partial charge is 0.435 e. The number of benzene rings is 1. The first kappa shape index (κ1) is 22.9. The highest BCUT2D eigenvalue weighted by Gasteiger charge is 2.35. The highest BCUT2D eigenvalue weighted by molar-refractivity contribution is 6.33. The first-order valence-corrected chi connectivity index (χ1v) is 9.55. The standard InChI is InChI=1S/C19H20ClF3N6O2/c1-18(2,24)17(30)25-13(10-31-9-11-6-4-3-5-7-11)16-27-26-15-12(20)8-14(19(21,22)23)28-29(15)16/h3-8,13H,9-10,24H2,1-2H3,(H,25,30)/t13-/m0/s1. The van der Waals surface area contributed by atoms with E-state index in [2.05, 4.69) is 20.6 Å². The third kappa shape index (κ3) is 5.49. The Bertz CT molecular complexity index is 1070. The van der Waals surface area contributed by atoms with E-state index in [1.807, 2.05) is 30.3 Å². The van der Waals surface area contributed by atoms with Gasteiger partial charge in [-0.15, -0.1) is 10.2 Å². The van der Waals surface area contributed by atoms with E-state index in [0.29, 0.717) is 6.07 Å². The molecule has 2 heterocycles. The molecule has 3 rings (SSSR count). The fraction of sp³-hybridized carbons (Fsp3) is 0.368. The van der Waals surface area contributed by atoms with Gasteiger partial charge < -0.3 is 15.8 Å². The van der Waals surface area contributed by atoms with Crippen LogP contribution in [0.5, 0.6) is 0 Å². The molecule has 0 radical (unpaired) electrons. The molecule has 31 heavy (non-hydrogen) atoms. The SMILES string of the molecule is CC(C)(N)C(=O)N[C@@H](COCc1ccccc1)c1nnc2c(Cl)cc(C(F)(F)F)nn12. The minimum Gasteiger partial charge on any atom is -0.374 e. The Kier molecular flexibility index (Phi) is 6.48. The first-order chi connectivity index (χ1) is 14.5. The summed E-state index contributed by atoms with van der Waals surface area (Å²) in [6.45, 7) is 3.07. The summed E-state index contributed by atoms with van der Waals surface area (Å²) in [5.41, 5.74) is 4.15. The molecular formula is C19H20ClF3N6O2. The second-order valence-corrected chi connectivity index (χ2v) is 7.82. The van der Waals surface area contributed by atoms with E-state index in [-0.39, 0.29) is 29.7 Å². The van der Waals surface area contributed by atoms with Crippen LogP contribution in [-0.2, 0) is 22.3 Å². The molecule has 0 spiro atoms. The van der Waals surface area contributed by atoms with Gasteiger partial charge >= 0.3 is 6.18 Å². The van der Waals surface area contributed by atoms with E-state index in [0.717, 1.165) is 10.1 Å². The highest BCUT2D eigenvalue weighted by atomic mass is 35.5. The van der Waals surface area contributed by atoms with E-state index >= 15 is 0 Å². The Hall–Kier alpha value is -2.76. The smallest absolute Gasteiger partial charge is 0.374 e. The molecule has 0 bridgehead atoms. The zero-order chi connectivity index (χ0) is 22.8. The van der Waals surface area contributed by atoms with Gasteiger partial charge in [-0.2, -0.15) is 22.8 Å². The summed E-state index contributed by atoms with van der Waals surface area (Å²) in [4.78, 5) is 12.5. The lowest BCUT2D eigenvalue weighted by Crippen LogP contribution is -2.51. The van der Waals surface area contributed by atoms with E-state index in [1.165, 1.54) is 13.8 Å². The molecule has 1 aromatic carbocycles. The molecule has 0 aliphatic carbocycles. The Balaban J connectivity index is 1.94. The van der Waals surface area contributed by atoms with Gasteiger partial charge in [0, 0.05) is 0 Å². The van der Waals surface area contributed by atoms with Gasteiger partial charge in [0.05, 0.1) is 23.8 Å². The maximum Gasteiger partial charge on any atom is 0.435 e. The topological polar surface area (TPSA) is 107 Å². The normalized spacial score (nSPS) is 13.4. The molecule has 8 nitrogen and oxygen atoms in total. The molecule has 3 aromatic rings. The molecule has 0 fully saturated rings. The molecule has 0 aliphatic rings. The zero-order valence-corrected chi connectivity index (χ0v) is 17.4. The van der Waals surface area contributed by atoms with Crippen molar-refractivity contribution in [3.05, 3.63) is 58.5 Å². The number of carbonyl (C=O) groups is 1. The van der Waals surface area contributed by atoms with Crippen LogP contribution in [0.1, 0.15) is 37.0 Å². The van der Waals surface area contributed by atoms with Gasteiger partial charge in [-0.3, -0.25) is 4.79 Å². The van der Waals surface area contributed by atoms with E-state index in [9.17, 15) is 18.0 Å². The van der Waals surface area contributed by atoms with Gasteiger partial charge in [0.2, 0.25) is 5.91 Å². The van der Waals surface area contributed by atoms with Crippen LogP contribution in [0.25, 0.3) is 5.65 Å². The average Bonchev–Trinajstić information content (AvgIpc) is 3.11. The lowest BCUT2D eigenvalue weighted by Gasteiger charge is -2.23. The van der Waals surface area contributed by atoms with E-state index < -0.39 is 29.4 Å². The molecule has 0 saturated heterocycles. The monoisotopic (exact) mass is 456 g/mol. The van der Waals surface area contributed by atoms with Crippen molar-refractivity contribution >= 4 is 23.2 Å². The number of rotatable bonds is 7. The molecule has 1 atom stereocenters. The third-order valence-electron chi connectivity index (χ3n) is 4.24. The number of amides is 1. The second-order valence-electron chi connectivity index (χ2n) is 7.42. The highest BCUT2D eigenvalue weighted by Crippen LogP contribution is 2.30. The van der Waals surface area contributed by atoms with Crippen molar-refractivity contribution in [3.63, 3.8) is 0 Å². The van der Waals surface area contributed by atoms with E-state index in [4.69, 9.17) is 22.1 Å². The van der Waals surface area contributed by atoms with Gasteiger partial charge in [0.25, 0.3) is 0 Å². The zero-order valence-electron chi connectivity index (χ0n) is 16.7. The second kappa shape index (κ2) is 8.77. The molecule has 0 aliphatic heterocycles. The lowest BCUT2D eigenvalue weighted by molar-refractivity contribution is -0.142. The van der Waals surface area contributed by atoms with Gasteiger partial charge in [-0.1, -0.05) is 41.9 Å². The fourth-order valence-corrected chi connectivity index (χ4v) is 2.83. The van der Waals surface area contributed by atoms with Crippen molar-refractivity contribution < 1.29 is 22.7 Å². The molecule has 166 valence electrons. The summed E-state index contributed by atoms with van der Waals surface area (Å²) in [5, 5.41) is 13.6. The predicted molar refractivity (Wildman–Crippen MR) is 106 cm³/mol. The summed E-state index contributed by atoms with van der Waals surface area (Å²) in [7, 11) is 0. The minimum atomic E-state index is -4.73. The quantitative estimate of drug-likeness (QED) is 0.566. The number of nitrogens with zero attached hydrogens (tertiary/aromatic N) is 4. The Morgan fingerprint density at radius 3 is 2.55 bits per heavy atom. The molecule has 0 unspecified atom stereocenters. The van der Waals surface area contributed by atoms with Crippen molar-refractivity contribution in [2.45, 2.75) is 38.2 Å². The lowest BCUT2D eigenvalue weighted by atomic mass is 10.1. The predicted octanol–water partition coefficient (Wildman–Crippen LogP) is 2.91. The van der Waals surface area contributed by atoms with Gasteiger partial charge in [-0.05, 0) is 25.5 Å². The van der Waals surface area contributed by atoms with Crippen LogP contribution >= 0.6 is 11.6 Å². The minimum absolute atomic E-state index is 0.0753. The molecule has 0 saturated carbocycles. The summed E-state index contributed by atoms with van der Waals surface area (Å²) in [5.74, 6) is -0.635. The summed E-state index contributed by atoms with van der Waals surface area (Å²) >= 11 is 5.95. The summed E-state index contributed by atoms with van der Waals surface area (Å²) < 4.78 is 46.1. The molecular weight excluding hydrogens is 437 g/mol. The number of alkyl halides is 3. The number of ether oxygens (including phenoxy) is 1. The molecule has 12 heteroatoms. The van der Waals surface area contributed by atoms with Gasteiger partial charge in [0.15, 0.2) is 17.2 Å². The van der Waals surface area contributed by atoms with Crippen LogP contribution in [0.15, 0.2) is 36.4 Å². The van der Waals surface area contributed by atoms with Crippen molar-refractivity contribution in [3.8, 4) is 0 Å².